The molecule has 1 atom stereocenters. The molecule has 1 aliphatic rings. The molecule has 0 aliphatic carbocycles. The van der Waals surface area contributed by atoms with E-state index in [0.29, 0.717) is 5.69 Å². The van der Waals surface area contributed by atoms with Crippen LogP contribution >= 0.6 is 0 Å². The van der Waals surface area contributed by atoms with Crippen molar-refractivity contribution in [1.29, 1.82) is 5.26 Å². The molecule has 1 aliphatic heterocycles. The molecule has 0 saturated carbocycles. The third-order valence-corrected chi connectivity index (χ3v) is 3.53. The summed E-state index contributed by atoms with van der Waals surface area (Å²) in [5.41, 5.74) is 1.65. The maximum Gasteiger partial charge on any atom is 0.415 e. The van der Waals surface area contributed by atoms with E-state index < -0.39 is 12.1 Å². The second-order valence-corrected chi connectivity index (χ2v) is 4.72. The van der Waals surface area contributed by atoms with Crippen LogP contribution in [0.1, 0.15) is 12.5 Å². The van der Waals surface area contributed by atoms with Crippen LogP contribution in [0.15, 0.2) is 42.5 Å². The van der Waals surface area contributed by atoms with Gasteiger partial charge in [-0.05, 0) is 29.8 Å². The number of nitrogens with zero attached hydrogens (tertiary/aromatic N) is 2. The van der Waals surface area contributed by atoms with E-state index in [1.807, 2.05) is 42.5 Å². The van der Waals surface area contributed by atoms with Crippen LogP contribution in [0, 0.1) is 11.3 Å². The van der Waals surface area contributed by atoms with Crippen molar-refractivity contribution in [2.75, 3.05) is 11.5 Å². The summed E-state index contributed by atoms with van der Waals surface area (Å²) in [7, 11) is 0. The highest BCUT2D eigenvalue weighted by molar-refractivity contribution is 6.03. The third kappa shape index (κ3) is 2.13. The second kappa shape index (κ2) is 5.29. The van der Waals surface area contributed by atoms with E-state index in [4.69, 9.17) is 4.74 Å². The number of rotatable bonds is 1. The van der Waals surface area contributed by atoms with E-state index in [9.17, 15) is 10.1 Å². The average molecular weight is 278 g/mol. The fourth-order valence-corrected chi connectivity index (χ4v) is 2.60. The van der Waals surface area contributed by atoms with Crippen molar-refractivity contribution in [2.24, 2.45) is 0 Å². The molecule has 2 aromatic rings. The Labute approximate surface area is 122 Å². The molecule has 0 saturated heterocycles. The molecule has 1 amide bonds. The van der Waals surface area contributed by atoms with Gasteiger partial charge in [-0.15, -0.1) is 0 Å². The van der Waals surface area contributed by atoms with Gasteiger partial charge >= 0.3 is 6.09 Å². The zero-order valence-corrected chi connectivity index (χ0v) is 11.6. The maximum atomic E-state index is 12.2. The lowest BCUT2D eigenvalue weighted by molar-refractivity contribution is 0.159. The van der Waals surface area contributed by atoms with Gasteiger partial charge in [-0.25, -0.2) is 4.79 Å². The number of carbonyl (C=O) groups excluding carboxylic acids is 1. The molecule has 0 radical (unpaired) electrons. The molecule has 0 spiro atoms. The number of hydrogen-bond acceptors (Lipinski definition) is 3. The highest BCUT2D eigenvalue weighted by Crippen LogP contribution is 2.35. The topological polar surface area (TPSA) is 53.3 Å². The Morgan fingerprint density at radius 3 is 2.90 bits per heavy atom. The summed E-state index contributed by atoms with van der Waals surface area (Å²) in [5.74, 6) is 0. The second-order valence-electron chi connectivity index (χ2n) is 4.72. The molecule has 0 N–H and O–H groups in total. The first kappa shape index (κ1) is 13.2. The van der Waals surface area contributed by atoms with Crippen LogP contribution in [0.25, 0.3) is 16.8 Å². The average Bonchev–Trinajstić information content (AvgIpc) is 2.53. The Morgan fingerprint density at radius 1 is 1.33 bits per heavy atom. The van der Waals surface area contributed by atoms with Gasteiger partial charge in [0, 0.05) is 5.56 Å². The first-order valence-corrected chi connectivity index (χ1v) is 6.82. The van der Waals surface area contributed by atoms with Crippen molar-refractivity contribution in [3.05, 3.63) is 48.0 Å². The minimum Gasteiger partial charge on any atom is -0.449 e. The predicted molar refractivity (Wildman–Crippen MR) is 81.9 cm³/mol. The summed E-state index contributed by atoms with van der Waals surface area (Å²) >= 11 is 0. The number of hydrogen-bond donors (Lipinski definition) is 0. The van der Waals surface area contributed by atoms with Crippen molar-refractivity contribution in [3.63, 3.8) is 0 Å². The first-order chi connectivity index (χ1) is 10.3. The normalized spacial score (nSPS) is 16.4. The molecule has 0 fully saturated rings. The zero-order valence-electron chi connectivity index (χ0n) is 11.6. The molecule has 104 valence electrons. The van der Waals surface area contributed by atoms with Gasteiger partial charge in [-0.3, -0.25) is 4.90 Å². The van der Waals surface area contributed by atoms with Crippen molar-refractivity contribution < 1.29 is 9.53 Å². The summed E-state index contributed by atoms with van der Waals surface area (Å²) in [6.45, 7) is 2.03. The van der Waals surface area contributed by atoms with Crippen LogP contribution in [-0.2, 0) is 4.74 Å². The van der Waals surface area contributed by atoms with E-state index in [2.05, 4.69) is 6.07 Å². The fraction of sp³-hybridized carbons (Fsp3) is 0.176. The summed E-state index contributed by atoms with van der Waals surface area (Å²) in [5, 5.41) is 11.4. The highest BCUT2D eigenvalue weighted by atomic mass is 16.6. The van der Waals surface area contributed by atoms with Crippen LogP contribution in [0.3, 0.4) is 0 Å². The molecule has 21 heavy (non-hydrogen) atoms. The molecule has 4 heteroatoms. The quantitative estimate of drug-likeness (QED) is 0.798. The molecule has 0 bridgehead atoms. The van der Waals surface area contributed by atoms with E-state index in [1.54, 1.807) is 13.0 Å². The van der Waals surface area contributed by atoms with Gasteiger partial charge in [0.25, 0.3) is 0 Å². The van der Waals surface area contributed by atoms with Gasteiger partial charge in [0.15, 0.2) is 0 Å². The van der Waals surface area contributed by atoms with Crippen molar-refractivity contribution in [3.8, 4) is 6.07 Å². The van der Waals surface area contributed by atoms with E-state index >= 15 is 0 Å². The lowest BCUT2D eigenvalue weighted by atomic mass is 9.97. The van der Waals surface area contributed by atoms with Crippen molar-refractivity contribution in [1.82, 2.24) is 0 Å². The minimum atomic E-state index is -0.641. The molecule has 1 heterocycles. The monoisotopic (exact) mass is 278 g/mol. The van der Waals surface area contributed by atoms with Gasteiger partial charge < -0.3 is 4.74 Å². The number of ether oxygens (including phenoxy) is 1. The van der Waals surface area contributed by atoms with Crippen molar-refractivity contribution in [2.45, 2.75) is 13.0 Å². The maximum absolute atomic E-state index is 12.2. The number of carbonyl (C=O) groups is 1. The van der Waals surface area contributed by atoms with Gasteiger partial charge in [-0.2, -0.15) is 5.26 Å². The highest BCUT2D eigenvalue weighted by Gasteiger charge is 2.29. The standard InChI is InChI=1S/C17H14N2O2/c1-2-21-17(20)19-13(11-18)8-9-15-14-6-4-3-5-12(14)7-10-16(15)19/h3-10,13H,2H2,1H3. The fourth-order valence-electron chi connectivity index (χ4n) is 2.60. The number of benzene rings is 2. The summed E-state index contributed by atoms with van der Waals surface area (Å²) in [4.78, 5) is 13.6. The van der Waals surface area contributed by atoms with Crippen LogP contribution in [0.5, 0.6) is 0 Å². The van der Waals surface area contributed by atoms with Gasteiger partial charge in [0.1, 0.15) is 6.04 Å². The minimum absolute atomic E-state index is 0.278. The Hall–Kier alpha value is -2.80. The molecular weight excluding hydrogens is 264 g/mol. The SMILES string of the molecule is CCOC(=O)N1c2ccc3ccccc3c2C=CC1C#N. The van der Waals surface area contributed by atoms with Gasteiger partial charge in [0.2, 0.25) is 0 Å². The molecule has 3 rings (SSSR count). The molecule has 1 unspecified atom stereocenters. The van der Waals surface area contributed by atoms with E-state index in [0.717, 1.165) is 16.3 Å². The number of anilines is 1. The number of nitriles is 1. The lowest BCUT2D eigenvalue weighted by Crippen LogP contribution is -2.40. The van der Waals surface area contributed by atoms with Crippen LogP contribution in [0.4, 0.5) is 10.5 Å². The van der Waals surface area contributed by atoms with Crippen LogP contribution in [0.2, 0.25) is 0 Å². The van der Waals surface area contributed by atoms with Crippen molar-refractivity contribution >= 4 is 28.6 Å². The molecular formula is C17H14N2O2. The summed E-state index contributed by atoms with van der Waals surface area (Å²) in [6.07, 6.45) is 3.14. The Kier molecular flexibility index (Phi) is 3.33. The van der Waals surface area contributed by atoms with Gasteiger partial charge in [0.05, 0.1) is 18.4 Å². The van der Waals surface area contributed by atoms with Crippen LogP contribution < -0.4 is 4.90 Å². The first-order valence-electron chi connectivity index (χ1n) is 6.82. The number of amides is 1. The molecule has 0 aromatic heterocycles. The Morgan fingerprint density at radius 2 is 2.14 bits per heavy atom. The molecule has 2 aromatic carbocycles. The van der Waals surface area contributed by atoms with Crippen LogP contribution in [-0.4, -0.2) is 18.7 Å². The predicted octanol–water partition coefficient (Wildman–Crippen LogP) is 3.72. The van der Waals surface area contributed by atoms with E-state index in [1.165, 1.54) is 4.90 Å². The Bertz CT molecular complexity index is 774. The molecule has 4 nitrogen and oxygen atoms in total. The summed E-state index contributed by atoms with van der Waals surface area (Å²) < 4.78 is 5.08. The summed E-state index contributed by atoms with van der Waals surface area (Å²) in [6, 6.07) is 13.3. The smallest absolute Gasteiger partial charge is 0.415 e. The van der Waals surface area contributed by atoms with E-state index in [-0.39, 0.29) is 6.61 Å². The largest absolute Gasteiger partial charge is 0.449 e. The lowest BCUT2D eigenvalue weighted by Gasteiger charge is -2.29. The van der Waals surface area contributed by atoms with Gasteiger partial charge in [-0.1, -0.05) is 36.4 Å². The zero-order chi connectivity index (χ0) is 14.8. The third-order valence-electron chi connectivity index (χ3n) is 3.53. The number of fused-ring (bicyclic) bond motifs is 3. The Balaban J connectivity index is 2.19.